The van der Waals surface area contributed by atoms with Crippen LogP contribution in [-0.4, -0.2) is 11.0 Å². The van der Waals surface area contributed by atoms with Crippen LogP contribution in [0.4, 0.5) is 0 Å². The van der Waals surface area contributed by atoms with E-state index in [1.807, 2.05) is 6.20 Å². The molecule has 0 aromatic carbocycles. The molecule has 1 aromatic heterocycles. The summed E-state index contributed by atoms with van der Waals surface area (Å²) in [5.41, 5.74) is 3.34. The summed E-state index contributed by atoms with van der Waals surface area (Å²) >= 11 is 0. The summed E-state index contributed by atoms with van der Waals surface area (Å²) in [6, 6.07) is 5.52. The highest BCUT2D eigenvalue weighted by Crippen LogP contribution is 2.37. The van der Waals surface area contributed by atoms with Crippen LogP contribution in [0, 0.1) is 5.41 Å². The first-order chi connectivity index (χ1) is 9.14. The van der Waals surface area contributed by atoms with Crippen molar-refractivity contribution in [3.63, 3.8) is 0 Å². The Balaban J connectivity index is 1.65. The molecule has 1 fully saturated rings. The Hall–Kier alpha value is -0.890. The fraction of sp³-hybridized carbons (Fsp3) is 0.706. The number of aryl methyl sites for hydroxylation is 1. The number of hydrogen-bond acceptors (Lipinski definition) is 2. The SMILES string of the molecule is CC1(C)CCC(NC2CCCc3cccnc32)CC1. The van der Waals surface area contributed by atoms with Gasteiger partial charge in [-0.2, -0.15) is 0 Å². The zero-order chi connectivity index (χ0) is 13.3. The van der Waals surface area contributed by atoms with E-state index in [9.17, 15) is 0 Å². The van der Waals surface area contributed by atoms with Crippen LogP contribution in [0.25, 0.3) is 0 Å². The lowest BCUT2D eigenvalue weighted by molar-refractivity contribution is 0.194. The number of hydrogen-bond donors (Lipinski definition) is 1. The molecule has 0 bridgehead atoms. The predicted octanol–water partition coefficient (Wildman–Crippen LogP) is 4.02. The number of rotatable bonds is 2. The molecule has 104 valence electrons. The molecule has 1 saturated carbocycles. The van der Waals surface area contributed by atoms with Crippen molar-refractivity contribution < 1.29 is 0 Å². The second-order valence-electron chi connectivity index (χ2n) is 7.10. The topological polar surface area (TPSA) is 24.9 Å². The van der Waals surface area contributed by atoms with Crippen molar-refractivity contribution in [3.05, 3.63) is 29.6 Å². The molecule has 2 nitrogen and oxygen atoms in total. The Morgan fingerprint density at radius 2 is 2.00 bits per heavy atom. The molecule has 0 aliphatic heterocycles. The van der Waals surface area contributed by atoms with Gasteiger partial charge in [-0.05, 0) is 62.0 Å². The van der Waals surface area contributed by atoms with Gasteiger partial charge in [0.1, 0.15) is 0 Å². The maximum atomic E-state index is 4.63. The number of aromatic nitrogens is 1. The van der Waals surface area contributed by atoms with Gasteiger partial charge < -0.3 is 5.32 Å². The summed E-state index contributed by atoms with van der Waals surface area (Å²) in [4.78, 5) is 4.63. The first kappa shape index (κ1) is 13.1. The molecule has 2 aliphatic carbocycles. The minimum absolute atomic E-state index is 0.496. The molecule has 1 heterocycles. The molecule has 0 amide bonds. The lowest BCUT2D eigenvalue weighted by Gasteiger charge is -2.37. The van der Waals surface area contributed by atoms with Crippen LogP contribution in [0.2, 0.25) is 0 Å². The monoisotopic (exact) mass is 258 g/mol. The molecular weight excluding hydrogens is 232 g/mol. The van der Waals surface area contributed by atoms with Gasteiger partial charge in [0.05, 0.1) is 5.69 Å². The molecule has 0 spiro atoms. The van der Waals surface area contributed by atoms with Gasteiger partial charge >= 0.3 is 0 Å². The Bertz CT molecular complexity index is 429. The van der Waals surface area contributed by atoms with Crippen LogP contribution in [0.15, 0.2) is 18.3 Å². The maximum Gasteiger partial charge on any atom is 0.0605 e. The maximum absolute atomic E-state index is 4.63. The number of fused-ring (bicyclic) bond motifs is 1. The van der Waals surface area contributed by atoms with Crippen LogP contribution in [0.1, 0.15) is 69.7 Å². The van der Waals surface area contributed by atoms with E-state index in [0.29, 0.717) is 17.5 Å². The van der Waals surface area contributed by atoms with Crippen LogP contribution < -0.4 is 5.32 Å². The molecule has 1 aromatic rings. The van der Waals surface area contributed by atoms with Crippen LogP contribution in [0.3, 0.4) is 0 Å². The van der Waals surface area contributed by atoms with E-state index in [4.69, 9.17) is 0 Å². The smallest absolute Gasteiger partial charge is 0.0605 e. The summed E-state index contributed by atoms with van der Waals surface area (Å²) in [5.74, 6) is 0. The molecule has 1 atom stereocenters. The highest BCUT2D eigenvalue weighted by Gasteiger charge is 2.29. The van der Waals surface area contributed by atoms with Gasteiger partial charge in [0.15, 0.2) is 0 Å². The van der Waals surface area contributed by atoms with E-state index in [-0.39, 0.29) is 0 Å². The minimum atomic E-state index is 0.496. The molecule has 0 radical (unpaired) electrons. The highest BCUT2D eigenvalue weighted by atomic mass is 15.0. The molecule has 19 heavy (non-hydrogen) atoms. The van der Waals surface area contributed by atoms with Gasteiger partial charge in [0.2, 0.25) is 0 Å². The van der Waals surface area contributed by atoms with Crippen LogP contribution in [-0.2, 0) is 6.42 Å². The van der Waals surface area contributed by atoms with Gasteiger partial charge in [0, 0.05) is 18.3 Å². The predicted molar refractivity (Wildman–Crippen MR) is 79.1 cm³/mol. The average Bonchev–Trinajstić information content (AvgIpc) is 2.42. The van der Waals surface area contributed by atoms with Crippen molar-refractivity contribution in [1.82, 2.24) is 10.3 Å². The van der Waals surface area contributed by atoms with Crippen molar-refractivity contribution in [2.45, 2.75) is 70.9 Å². The molecule has 1 unspecified atom stereocenters. The Labute approximate surface area is 117 Å². The summed E-state index contributed by atoms with van der Waals surface area (Å²) < 4.78 is 0. The van der Waals surface area contributed by atoms with Gasteiger partial charge in [-0.25, -0.2) is 0 Å². The van der Waals surface area contributed by atoms with E-state index in [1.165, 1.54) is 56.2 Å². The number of nitrogens with one attached hydrogen (secondary N) is 1. The van der Waals surface area contributed by atoms with Crippen molar-refractivity contribution in [3.8, 4) is 0 Å². The van der Waals surface area contributed by atoms with E-state index in [2.05, 4.69) is 36.3 Å². The van der Waals surface area contributed by atoms with E-state index < -0.39 is 0 Å². The minimum Gasteiger partial charge on any atom is -0.306 e. The quantitative estimate of drug-likeness (QED) is 0.866. The first-order valence-corrected chi connectivity index (χ1v) is 7.84. The Morgan fingerprint density at radius 1 is 1.21 bits per heavy atom. The molecule has 1 N–H and O–H groups in total. The second-order valence-corrected chi connectivity index (χ2v) is 7.10. The Kier molecular flexibility index (Phi) is 3.62. The lowest BCUT2D eigenvalue weighted by Crippen LogP contribution is -2.39. The summed E-state index contributed by atoms with van der Waals surface area (Å²) in [6.07, 6.45) is 11.1. The van der Waals surface area contributed by atoms with Gasteiger partial charge in [0.25, 0.3) is 0 Å². The summed E-state index contributed by atoms with van der Waals surface area (Å²) in [6.45, 7) is 4.81. The normalized spacial score (nSPS) is 26.9. The Morgan fingerprint density at radius 3 is 2.79 bits per heavy atom. The summed E-state index contributed by atoms with van der Waals surface area (Å²) in [5, 5.41) is 3.89. The van der Waals surface area contributed by atoms with Gasteiger partial charge in [-0.15, -0.1) is 0 Å². The van der Waals surface area contributed by atoms with E-state index >= 15 is 0 Å². The molecule has 0 saturated heterocycles. The van der Waals surface area contributed by atoms with Crippen molar-refractivity contribution >= 4 is 0 Å². The van der Waals surface area contributed by atoms with Gasteiger partial charge in [-0.3, -0.25) is 4.98 Å². The zero-order valence-electron chi connectivity index (χ0n) is 12.3. The van der Waals surface area contributed by atoms with Crippen molar-refractivity contribution in [1.29, 1.82) is 0 Å². The molecule has 3 rings (SSSR count). The number of nitrogens with zero attached hydrogens (tertiary/aromatic N) is 1. The average molecular weight is 258 g/mol. The molecular formula is C17H26N2. The highest BCUT2D eigenvalue weighted by molar-refractivity contribution is 5.25. The fourth-order valence-electron chi connectivity index (χ4n) is 3.62. The number of pyridine rings is 1. The van der Waals surface area contributed by atoms with Crippen molar-refractivity contribution in [2.75, 3.05) is 0 Å². The van der Waals surface area contributed by atoms with E-state index in [1.54, 1.807) is 0 Å². The van der Waals surface area contributed by atoms with E-state index in [0.717, 1.165) is 0 Å². The third-order valence-corrected chi connectivity index (χ3v) is 4.97. The summed E-state index contributed by atoms with van der Waals surface area (Å²) in [7, 11) is 0. The first-order valence-electron chi connectivity index (χ1n) is 7.84. The second kappa shape index (κ2) is 5.24. The molecule has 2 aliphatic rings. The zero-order valence-corrected chi connectivity index (χ0v) is 12.3. The third-order valence-electron chi connectivity index (χ3n) is 4.97. The largest absolute Gasteiger partial charge is 0.306 e. The van der Waals surface area contributed by atoms with Crippen LogP contribution in [0.5, 0.6) is 0 Å². The van der Waals surface area contributed by atoms with Crippen molar-refractivity contribution in [2.24, 2.45) is 5.41 Å². The van der Waals surface area contributed by atoms with Crippen LogP contribution >= 0.6 is 0 Å². The molecule has 2 heteroatoms. The van der Waals surface area contributed by atoms with Gasteiger partial charge in [-0.1, -0.05) is 19.9 Å². The standard InChI is InChI=1S/C17H26N2/c1-17(2)10-8-14(9-11-17)19-15-7-3-5-13-6-4-12-18-16(13)15/h4,6,12,14-15,19H,3,5,7-11H2,1-2H3. The fourth-order valence-corrected chi connectivity index (χ4v) is 3.62. The third kappa shape index (κ3) is 3.00. The lowest BCUT2D eigenvalue weighted by atomic mass is 9.75.